The first-order valence-electron chi connectivity index (χ1n) is 12.2. The lowest BCUT2D eigenvalue weighted by Crippen LogP contribution is -1.99. The number of hydrogen-bond acceptors (Lipinski definition) is 2. The van der Waals surface area contributed by atoms with Crippen molar-refractivity contribution in [1.29, 1.82) is 0 Å². The van der Waals surface area contributed by atoms with E-state index in [0.29, 0.717) is 0 Å². The molecule has 0 aliphatic carbocycles. The molecule has 2 N–H and O–H groups in total. The Morgan fingerprint density at radius 3 is 1.91 bits per heavy atom. The quantitative estimate of drug-likeness (QED) is 0.283. The number of rotatable bonds is 8. The van der Waals surface area contributed by atoms with E-state index in [-0.39, 0.29) is 0 Å². The zero-order chi connectivity index (χ0) is 23.9. The van der Waals surface area contributed by atoms with Crippen molar-refractivity contribution in [3.8, 4) is 16.9 Å². The van der Waals surface area contributed by atoms with Crippen LogP contribution in [0.1, 0.15) is 79.2 Å². The van der Waals surface area contributed by atoms with Crippen LogP contribution >= 0.6 is 0 Å². The number of unbranched alkanes of at least 4 members (excludes halogenated alkanes) is 3. The number of anilines is 1. The summed E-state index contributed by atoms with van der Waals surface area (Å²) in [5, 5.41) is 2.37. The minimum absolute atomic E-state index is 0.742. The second-order valence-corrected chi connectivity index (χ2v) is 7.87. The van der Waals surface area contributed by atoms with Crippen molar-refractivity contribution in [3.05, 3.63) is 66.7 Å². The number of allylic oxidation sites excluding steroid dienone is 1. The molecule has 0 fully saturated rings. The summed E-state index contributed by atoms with van der Waals surface area (Å²) < 4.78 is 6.00. The van der Waals surface area contributed by atoms with E-state index in [2.05, 4.69) is 69.8 Å². The SMILES string of the molecule is C=C(C)c1cc2cc(-c3ccc(N)cc3)ccc2cc1OCCCC.CC.CCCCC. The summed E-state index contributed by atoms with van der Waals surface area (Å²) in [5.41, 5.74) is 11.0. The lowest BCUT2D eigenvalue weighted by molar-refractivity contribution is 0.309. The number of hydrogen-bond donors (Lipinski definition) is 1. The van der Waals surface area contributed by atoms with Gasteiger partial charge in [-0.25, -0.2) is 0 Å². The maximum Gasteiger partial charge on any atom is 0.127 e. The van der Waals surface area contributed by atoms with E-state index in [1.54, 1.807) is 0 Å². The van der Waals surface area contributed by atoms with Crippen LogP contribution in [0.15, 0.2) is 61.2 Å². The second-order valence-electron chi connectivity index (χ2n) is 7.87. The predicted molar refractivity (Wildman–Crippen MR) is 145 cm³/mol. The van der Waals surface area contributed by atoms with E-state index >= 15 is 0 Å². The number of nitrogen functional groups attached to an aromatic ring is 1. The van der Waals surface area contributed by atoms with E-state index < -0.39 is 0 Å². The number of benzene rings is 3. The first-order chi connectivity index (χ1) is 15.5. The van der Waals surface area contributed by atoms with Gasteiger partial charge >= 0.3 is 0 Å². The zero-order valence-corrected chi connectivity index (χ0v) is 21.1. The summed E-state index contributed by atoms with van der Waals surface area (Å²) in [6.45, 7) is 17.5. The molecule has 2 nitrogen and oxygen atoms in total. The Hall–Kier alpha value is -2.74. The highest BCUT2D eigenvalue weighted by Crippen LogP contribution is 2.33. The van der Waals surface area contributed by atoms with Gasteiger partial charge in [-0.3, -0.25) is 0 Å². The minimum atomic E-state index is 0.742. The Kier molecular flexibility index (Phi) is 12.9. The molecule has 0 amide bonds. The molecule has 3 rings (SSSR count). The van der Waals surface area contributed by atoms with Gasteiger partial charge in [-0.05, 0) is 71.1 Å². The Balaban J connectivity index is 0.000000646. The van der Waals surface area contributed by atoms with Crippen LogP contribution < -0.4 is 10.5 Å². The van der Waals surface area contributed by atoms with Crippen molar-refractivity contribution in [2.75, 3.05) is 12.3 Å². The molecular weight excluding hydrogens is 390 g/mol. The maximum absolute atomic E-state index is 6.00. The van der Waals surface area contributed by atoms with Crippen LogP contribution in [0, 0.1) is 0 Å². The molecule has 0 unspecified atom stereocenters. The van der Waals surface area contributed by atoms with Crippen molar-refractivity contribution < 1.29 is 4.74 Å². The highest BCUT2D eigenvalue weighted by molar-refractivity contribution is 5.92. The van der Waals surface area contributed by atoms with Crippen LogP contribution in [0.2, 0.25) is 0 Å². The van der Waals surface area contributed by atoms with E-state index in [1.807, 2.05) is 32.9 Å². The fourth-order valence-corrected chi connectivity index (χ4v) is 3.26. The second kappa shape index (κ2) is 15.1. The number of ether oxygens (including phenoxy) is 1. The third-order valence-corrected chi connectivity index (χ3v) is 5.11. The number of nitrogens with two attached hydrogens (primary N) is 1. The Labute approximate surface area is 196 Å². The van der Waals surface area contributed by atoms with Gasteiger partial charge < -0.3 is 10.5 Å². The average Bonchev–Trinajstić information content (AvgIpc) is 2.81. The van der Waals surface area contributed by atoms with Gasteiger partial charge in [0, 0.05) is 11.3 Å². The largest absolute Gasteiger partial charge is 0.493 e. The van der Waals surface area contributed by atoms with Gasteiger partial charge in [0.25, 0.3) is 0 Å². The van der Waals surface area contributed by atoms with Gasteiger partial charge in [0.15, 0.2) is 0 Å². The van der Waals surface area contributed by atoms with Gasteiger partial charge in [-0.15, -0.1) is 0 Å². The third kappa shape index (κ3) is 8.42. The van der Waals surface area contributed by atoms with Gasteiger partial charge in [-0.2, -0.15) is 0 Å². The molecule has 3 aromatic rings. The highest BCUT2D eigenvalue weighted by Gasteiger charge is 2.09. The third-order valence-electron chi connectivity index (χ3n) is 5.11. The van der Waals surface area contributed by atoms with Gasteiger partial charge in [0.2, 0.25) is 0 Å². The van der Waals surface area contributed by atoms with E-state index in [9.17, 15) is 0 Å². The summed E-state index contributed by atoms with van der Waals surface area (Å²) in [4.78, 5) is 0. The Morgan fingerprint density at radius 2 is 1.38 bits per heavy atom. The van der Waals surface area contributed by atoms with Crippen molar-refractivity contribution in [3.63, 3.8) is 0 Å². The number of fused-ring (bicyclic) bond motifs is 1. The van der Waals surface area contributed by atoms with Gasteiger partial charge in [-0.1, -0.05) is 91.1 Å². The average molecular weight is 434 g/mol. The molecule has 174 valence electrons. The molecule has 32 heavy (non-hydrogen) atoms. The summed E-state index contributed by atoms with van der Waals surface area (Å²) in [5.74, 6) is 0.925. The molecule has 2 heteroatoms. The monoisotopic (exact) mass is 433 g/mol. The van der Waals surface area contributed by atoms with Crippen molar-refractivity contribution in [2.45, 2.75) is 73.6 Å². The molecule has 0 aromatic heterocycles. The topological polar surface area (TPSA) is 35.2 Å². The van der Waals surface area contributed by atoms with Gasteiger partial charge in [0.05, 0.1) is 6.61 Å². The molecule has 3 aromatic carbocycles. The van der Waals surface area contributed by atoms with Crippen LogP contribution in [0.3, 0.4) is 0 Å². The first-order valence-corrected chi connectivity index (χ1v) is 12.2. The summed E-state index contributed by atoms with van der Waals surface area (Å²) >= 11 is 0. The molecule has 0 bridgehead atoms. The molecule has 0 atom stereocenters. The summed E-state index contributed by atoms with van der Waals surface area (Å²) in [6.07, 6.45) is 6.26. The highest BCUT2D eigenvalue weighted by atomic mass is 16.5. The Bertz CT molecular complexity index is 939. The van der Waals surface area contributed by atoms with Crippen LogP contribution in [-0.2, 0) is 0 Å². The molecule has 0 saturated carbocycles. The summed E-state index contributed by atoms with van der Waals surface area (Å²) in [7, 11) is 0. The minimum Gasteiger partial charge on any atom is -0.493 e. The van der Waals surface area contributed by atoms with E-state index in [0.717, 1.165) is 47.6 Å². The van der Waals surface area contributed by atoms with Crippen LogP contribution in [0.4, 0.5) is 5.69 Å². The van der Waals surface area contributed by atoms with E-state index in [1.165, 1.54) is 35.6 Å². The van der Waals surface area contributed by atoms with Crippen LogP contribution in [-0.4, -0.2) is 6.61 Å². The lowest BCUT2D eigenvalue weighted by atomic mass is 9.97. The molecular formula is C30H43NO. The smallest absolute Gasteiger partial charge is 0.127 e. The lowest BCUT2D eigenvalue weighted by Gasteiger charge is -2.14. The molecule has 0 saturated heterocycles. The van der Waals surface area contributed by atoms with E-state index in [4.69, 9.17) is 10.5 Å². The van der Waals surface area contributed by atoms with Crippen molar-refractivity contribution in [1.82, 2.24) is 0 Å². The zero-order valence-electron chi connectivity index (χ0n) is 21.1. The Morgan fingerprint density at radius 1 is 0.781 bits per heavy atom. The first kappa shape index (κ1) is 27.3. The van der Waals surface area contributed by atoms with Crippen LogP contribution in [0.25, 0.3) is 27.5 Å². The molecule has 0 spiro atoms. The molecule has 0 aliphatic heterocycles. The summed E-state index contributed by atoms with van der Waals surface area (Å²) in [6, 6.07) is 18.8. The normalized spacial score (nSPS) is 9.94. The fraction of sp³-hybridized carbons (Fsp3) is 0.400. The van der Waals surface area contributed by atoms with Gasteiger partial charge in [0.1, 0.15) is 5.75 Å². The van der Waals surface area contributed by atoms with Crippen molar-refractivity contribution in [2.24, 2.45) is 0 Å². The van der Waals surface area contributed by atoms with Crippen LogP contribution in [0.5, 0.6) is 5.75 Å². The molecule has 0 heterocycles. The molecule has 0 radical (unpaired) electrons. The predicted octanol–water partition coefficient (Wildman–Crippen LogP) is 9.52. The maximum atomic E-state index is 6.00. The fourth-order valence-electron chi connectivity index (χ4n) is 3.26. The standard InChI is InChI=1S/C23H25NO.C5H12.C2H6/c1-4-5-12-25-23-15-19-7-6-18(17-8-10-21(24)11-9-17)13-20(19)14-22(23)16(2)3;1-3-5-4-2;1-2/h6-11,13-15H,2,4-5,12,24H2,1,3H3;3-5H2,1-2H3;1-2H3. The van der Waals surface area contributed by atoms with Crippen molar-refractivity contribution >= 4 is 22.0 Å². The molecule has 0 aliphatic rings.